The predicted molar refractivity (Wildman–Crippen MR) is 113 cm³/mol. The molecule has 9 atom stereocenters. The first kappa shape index (κ1) is 19.3. The van der Waals surface area contributed by atoms with E-state index in [1.165, 1.54) is 5.56 Å². The Bertz CT molecular complexity index is 946. The lowest BCUT2D eigenvalue weighted by Gasteiger charge is -2.67. The van der Waals surface area contributed by atoms with E-state index in [0.29, 0.717) is 18.3 Å². The Balaban J connectivity index is 1.49. The number of carbonyl (C=O) groups excluding carboxylic acids is 1. The summed E-state index contributed by atoms with van der Waals surface area (Å²) in [5.41, 5.74) is 0.0934. The van der Waals surface area contributed by atoms with Crippen LogP contribution in [0.25, 0.3) is 0 Å². The Kier molecular flexibility index (Phi) is 3.42. The van der Waals surface area contributed by atoms with Crippen LogP contribution >= 0.6 is 0 Å². The number of fused-ring (bicyclic) bond motifs is 3. The SMILES string of the molecule is CC1(C)C(=O)C=C[C@@]2(C)[C@@H]1C[C@@H](O)[C@]1(C)[C@H]2CC[C@@]2(C)[C@@H](c3ccoc3)C[C@H]3O[C@@]312. The third-order valence-corrected chi connectivity index (χ3v) is 11.0. The number of rotatable bonds is 1. The van der Waals surface area contributed by atoms with Crippen molar-refractivity contribution >= 4 is 5.78 Å². The van der Waals surface area contributed by atoms with Crippen molar-refractivity contribution in [1.29, 1.82) is 0 Å². The van der Waals surface area contributed by atoms with Crippen molar-refractivity contribution < 1.29 is 19.1 Å². The summed E-state index contributed by atoms with van der Waals surface area (Å²) in [6.07, 6.45) is 11.2. The number of ketones is 1. The fourth-order valence-electron chi connectivity index (χ4n) is 9.42. The number of aliphatic hydroxyl groups excluding tert-OH is 1. The van der Waals surface area contributed by atoms with Gasteiger partial charge in [0.25, 0.3) is 0 Å². The Morgan fingerprint density at radius 2 is 1.87 bits per heavy atom. The highest BCUT2D eigenvalue weighted by Gasteiger charge is 2.86. The maximum Gasteiger partial charge on any atom is 0.161 e. The van der Waals surface area contributed by atoms with Gasteiger partial charge in [-0.2, -0.15) is 0 Å². The summed E-state index contributed by atoms with van der Waals surface area (Å²) >= 11 is 0. The zero-order valence-electron chi connectivity index (χ0n) is 18.8. The lowest BCUT2D eigenvalue weighted by Crippen LogP contribution is -2.69. The molecule has 162 valence electrons. The quantitative estimate of drug-likeness (QED) is 0.670. The molecule has 30 heavy (non-hydrogen) atoms. The fourth-order valence-corrected chi connectivity index (χ4v) is 9.42. The van der Waals surface area contributed by atoms with Gasteiger partial charge in [-0.25, -0.2) is 0 Å². The standard InChI is InChI=1S/C26H34O4/c1-22(2)18-13-20(28)25(5)17(23(18,3)9-7-19(22)27)6-10-24(4)16(15-8-11-29-14-15)12-21-26(24,25)30-21/h7-9,11,14,16-18,20-21,28H,6,10,12-13H2,1-5H3/t16-,17+,18-,20-,21-,23-,24+,25+,26-/m1/s1. The van der Waals surface area contributed by atoms with Crippen molar-refractivity contribution in [2.45, 2.75) is 84.0 Å². The van der Waals surface area contributed by atoms with Gasteiger partial charge in [0, 0.05) is 16.2 Å². The van der Waals surface area contributed by atoms with Crippen LogP contribution in [0.5, 0.6) is 0 Å². The summed E-state index contributed by atoms with van der Waals surface area (Å²) in [6.45, 7) is 11.2. The molecule has 4 heteroatoms. The molecule has 1 aromatic heterocycles. The third-order valence-electron chi connectivity index (χ3n) is 11.0. The van der Waals surface area contributed by atoms with Crippen LogP contribution in [0.2, 0.25) is 0 Å². The maximum atomic E-state index is 12.7. The van der Waals surface area contributed by atoms with Crippen LogP contribution in [-0.2, 0) is 9.53 Å². The van der Waals surface area contributed by atoms with E-state index in [1.54, 1.807) is 6.26 Å². The van der Waals surface area contributed by atoms with Gasteiger partial charge in [-0.15, -0.1) is 0 Å². The number of hydrogen-bond acceptors (Lipinski definition) is 4. The van der Waals surface area contributed by atoms with Gasteiger partial charge in [0.15, 0.2) is 5.78 Å². The maximum absolute atomic E-state index is 12.7. The number of carbonyl (C=O) groups is 1. The highest BCUT2D eigenvalue weighted by atomic mass is 16.6. The van der Waals surface area contributed by atoms with Crippen molar-refractivity contribution in [3.05, 3.63) is 36.3 Å². The van der Waals surface area contributed by atoms with Crippen LogP contribution in [0.1, 0.15) is 71.8 Å². The summed E-state index contributed by atoms with van der Waals surface area (Å²) in [7, 11) is 0. The minimum Gasteiger partial charge on any atom is -0.472 e. The predicted octanol–water partition coefficient (Wildman–Crippen LogP) is 4.88. The van der Waals surface area contributed by atoms with Crippen LogP contribution in [0.3, 0.4) is 0 Å². The first-order valence-corrected chi connectivity index (χ1v) is 11.6. The molecule has 3 saturated carbocycles. The number of epoxide rings is 1. The van der Waals surface area contributed by atoms with E-state index in [-0.39, 0.29) is 39.7 Å². The normalized spacial score (nSPS) is 55.4. The van der Waals surface area contributed by atoms with Crippen LogP contribution in [0.4, 0.5) is 0 Å². The van der Waals surface area contributed by atoms with E-state index in [9.17, 15) is 9.90 Å². The zero-order valence-corrected chi connectivity index (χ0v) is 18.8. The topological polar surface area (TPSA) is 63.0 Å². The molecule has 6 rings (SSSR count). The molecule has 2 heterocycles. The van der Waals surface area contributed by atoms with Crippen molar-refractivity contribution in [1.82, 2.24) is 0 Å². The Labute approximate surface area is 179 Å². The Morgan fingerprint density at radius 1 is 1.10 bits per heavy atom. The second-order valence-electron chi connectivity index (χ2n) is 12.1. The van der Waals surface area contributed by atoms with E-state index in [1.807, 2.05) is 12.3 Å². The average molecular weight is 411 g/mol. The summed E-state index contributed by atoms with van der Waals surface area (Å²) in [6, 6.07) is 2.11. The smallest absolute Gasteiger partial charge is 0.161 e. The van der Waals surface area contributed by atoms with Gasteiger partial charge in [0.1, 0.15) is 5.60 Å². The summed E-state index contributed by atoms with van der Waals surface area (Å²) in [5.74, 6) is 1.05. The molecule has 1 aliphatic heterocycles. The van der Waals surface area contributed by atoms with Crippen LogP contribution in [0.15, 0.2) is 35.2 Å². The lowest BCUT2D eigenvalue weighted by molar-refractivity contribution is -0.222. The van der Waals surface area contributed by atoms with Gasteiger partial charge in [-0.1, -0.05) is 40.7 Å². The molecule has 1 saturated heterocycles. The van der Waals surface area contributed by atoms with E-state index in [4.69, 9.17) is 9.15 Å². The molecular weight excluding hydrogens is 376 g/mol. The first-order valence-electron chi connectivity index (χ1n) is 11.6. The molecule has 0 aromatic carbocycles. The van der Waals surface area contributed by atoms with Gasteiger partial charge < -0.3 is 14.3 Å². The molecule has 0 unspecified atom stereocenters. The van der Waals surface area contributed by atoms with E-state index in [0.717, 1.165) is 19.3 Å². The van der Waals surface area contributed by atoms with E-state index < -0.39 is 11.5 Å². The minimum absolute atomic E-state index is 0.0132. The Morgan fingerprint density at radius 3 is 2.57 bits per heavy atom. The highest BCUT2D eigenvalue weighted by Crippen LogP contribution is 2.82. The first-order chi connectivity index (χ1) is 14.0. The van der Waals surface area contributed by atoms with Crippen molar-refractivity contribution in [2.75, 3.05) is 0 Å². The van der Waals surface area contributed by atoms with Crippen LogP contribution in [-0.4, -0.2) is 28.7 Å². The number of aliphatic hydroxyl groups is 1. The molecule has 4 fully saturated rings. The number of ether oxygens (including phenoxy) is 1. The number of hydrogen-bond donors (Lipinski definition) is 1. The van der Waals surface area contributed by atoms with Crippen molar-refractivity contribution in [3.8, 4) is 0 Å². The van der Waals surface area contributed by atoms with E-state index >= 15 is 0 Å². The molecule has 0 bridgehead atoms. The van der Waals surface area contributed by atoms with Gasteiger partial charge in [0.2, 0.25) is 0 Å². The molecule has 4 aliphatic carbocycles. The molecule has 4 nitrogen and oxygen atoms in total. The largest absolute Gasteiger partial charge is 0.472 e. The molecule has 5 aliphatic rings. The fraction of sp³-hybridized carbons (Fsp3) is 0.731. The van der Waals surface area contributed by atoms with Gasteiger partial charge in [0.05, 0.1) is 24.7 Å². The summed E-state index contributed by atoms with van der Waals surface area (Å²) in [5, 5.41) is 11.8. The van der Waals surface area contributed by atoms with Gasteiger partial charge >= 0.3 is 0 Å². The Hall–Kier alpha value is -1.39. The summed E-state index contributed by atoms with van der Waals surface area (Å²) in [4.78, 5) is 12.7. The molecule has 0 radical (unpaired) electrons. The third kappa shape index (κ3) is 1.79. The summed E-state index contributed by atoms with van der Waals surface area (Å²) < 4.78 is 12.1. The van der Waals surface area contributed by atoms with E-state index in [2.05, 4.69) is 46.8 Å². The second-order valence-corrected chi connectivity index (χ2v) is 12.1. The monoisotopic (exact) mass is 410 g/mol. The minimum atomic E-state index is -0.466. The van der Waals surface area contributed by atoms with Crippen LogP contribution < -0.4 is 0 Å². The van der Waals surface area contributed by atoms with Crippen molar-refractivity contribution in [2.24, 2.45) is 33.5 Å². The molecule has 1 spiro atoms. The average Bonchev–Trinajstić information content (AvgIpc) is 3.06. The molecule has 1 N–H and O–H groups in total. The number of allylic oxidation sites excluding steroid dienone is 2. The van der Waals surface area contributed by atoms with Gasteiger partial charge in [-0.3, -0.25) is 4.79 Å². The van der Waals surface area contributed by atoms with Gasteiger partial charge in [-0.05, 0) is 66.6 Å². The lowest BCUT2D eigenvalue weighted by atomic mass is 9.37. The zero-order chi connectivity index (χ0) is 21.3. The molecule has 1 aromatic rings. The number of furan rings is 1. The van der Waals surface area contributed by atoms with Crippen molar-refractivity contribution in [3.63, 3.8) is 0 Å². The highest BCUT2D eigenvalue weighted by molar-refractivity contribution is 5.95. The molecule has 0 amide bonds. The molecular formula is C26H34O4. The van der Waals surface area contributed by atoms with Crippen LogP contribution in [0, 0.1) is 33.5 Å². The second kappa shape index (κ2) is 5.32.